The lowest BCUT2D eigenvalue weighted by Crippen LogP contribution is -2.43. The third kappa shape index (κ3) is 6.16. The highest BCUT2D eigenvalue weighted by atomic mass is 16.3. The predicted molar refractivity (Wildman–Crippen MR) is 150 cm³/mol. The zero-order valence-corrected chi connectivity index (χ0v) is 23.3. The van der Waals surface area contributed by atoms with Gasteiger partial charge in [-0.05, 0) is 88.3 Å². The number of aliphatic hydroxyl groups is 1. The zero-order valence-electron chi connectivity index (χ0n) is 23.3. The Bertz CT molecular complexity index is 1350. The number of hydrogen-bond donors (Lipinski definition) is 4. The smallest absolute Gasteiger partial charge is 0.253 e. The fourth-order valence-electron chi connectivity index (χ4n) is 5.57. The van der Waals surface area contributed by atoms with Crippen LogP contribution >= 0.6 is 0 Å². The van der Waals surface area contributed by atoms with Gasteiger partial charge >= 0.3 is 0 Å². The summed E-state index contributed by atoms with van der Waals surface area (Å²) in [5, 5.41) is 20.2. The molecule has 4 rings (SSSR count). The SMILES string of the molecule is Cc1cc(C)c(CNC(=O)c2cc(-c3cnn(C)c3)cc(N(C)[C@H]3CC[C@@H](NC(C)O)CC3)c2C)c(=O)[nH]1. The van der Waals surface area contributed by atoms with Crippen molar-refractivity contribution < 1.29 is 9.90 Å². The molecule has 1 unspecified atom stereocenters. The molecule has 0 spiro atoms. The highest BCUT2D eigenvalue weighted by Gasteiger charge is 2.27. The summed E-state index contributed by atoms with van der Waals surface area (Å²) < 4.78 is 1.75. The number of H-pyrrole nitrogens is 1. The maximum Gasteiger partial charge on any atom is 0.253 e. The molecule has 1 atom stereocenters. The number of carbonyl (C=O) groups is 1. The van der Waals surface area contributed by atoms with E-state index in [2.05, 4.69) is 38.7 Å². The van der Waals surface area contributed by atoms with Gasteiger partial charge in [-0.25, -0.2) is 0 Å². The number of pyridine rings is 1. The van der Waals surface area contributed by atoms with E-state index in [1.807, 2.05) is 46.1 Å². The van der Waals surface area contributed by atoms with Crippen molar-refractivity contribution in [3.05, 3.63) is 68.9 Å². The summed E-state index contributed by atoms with van der Waals surface area (Å²) in [6.45, 7) is 7.63. The summed E-state index contributed by atoms with van der Waals surface area (Å²) in [6, 6.07) is 6.61. The first-order chi connectivity index (χ1) is 18.0. The number of hydrogen-bond acceptors (Lipinski definition) is 6. The fourth-order valence-corrected chi connectivity index (χ4v) is 5.57. The van der Waals surface area contributed by atoms with Crippen LogP contribution in [-0.2, 0) is 13.6 Å². The monoisotopic (exact) mass is 520 g/mol. The number of rotatable bonds is 8. The van der Waals surface area contributed by atoms with Crippen LogP contribution in [0.15, 0.2) is 35.4 Å². The van der Waals surface area contributed by atoms with E-state index in [0.29, 0.717) is 23.2 Å². The lowest BCUT2D eigenvalue weighted by Gasteiger charge is -2.37. The molecule has 3 aromatic rings. The maximum absolute atomic E-state index is 13.5. The molecule has 38 heavy (non-hydrogen) atoms. The number of benzene rings is 1. The Morgan fingerprint density at radius 2 is 1.89 bits per heavy atom. The number of amides is 1. The molecular weight excluding hydrogens is 480 g/mol. The molecular formula is C29H40N6O3. The van der Waals surface area contributed by atoms with Crippen LogP contribution in [0.1, 0.15) is 65.3 Å². The van der Waals surface area contributed by atoms with E-state index in [1.165, 1.54) is 0 Å². The molecule has 1 aliphatic carbocycles. The number of nitrogens with one attached hydrogen (secondary N) is 3. The van der Waals surface area contributed by atoms with Gasteiger partial charge in [-0.3, -0.25) is 19.6 Å². The summed E-state index contributed by atoms with van der Waals surface area (Å²) in [5.74, 6) is -0.216. The van der Waals surface area contributed by atoms with Gasteiger partial charge in [0.25, 0.3) is 11.5 Å². The largest absolute Gasteiger partial charge is 0.379 e. The molecule has 1 amide bonds. The number of anilines is 1. The van der Waals surface area contributed by atoms with Crippen LogP contribution in [-0.4, -0.2) is 51.1 Å². The third-order valence-corrected chi connectivity index (χ3v) is 7.68. The minimum Gasteiger partial charge on any atom is -0.379 e. The zero-order chi connectivity index (χ0) is 27.6. The Kier molecular flexibility index (Phi) is 8.38. The summed E-state index contributed by atoms with van der Waals surface area (Å²) in [5.41, 5.74) is 6.38. The molecule has 0 radical (unpaired) electrons. The van der Waals surface area contributed by atoms with Crippen LogP contribution in [0.5, 0.6) is 0 Å². The molecule has 9 heteroatoms. The van der Waals surface area contributed by atoms with E-state index in [4.69, 9.17) is 0 Å². The Hall–Kier alpha value is -3.43. The van der Waals surface area contributed by atoms with E-state index in [1.54, 1.807) is 17.8 Å². The molecule has 1 aliphatic rings. The van der Waals surface area contributed by atoms with Crippen LogP contribution in [0.25, 0.3) is 11.1 Å². The Balaban J connectivity index is 1.62. The van der Waals surface area contributed by atoms with Gasteiger partial charge in [0.15, 0.2) is 0 Å². The highest BCUT2D eigenvalue weighted by Crippen LogP contribution is 2.34. The van der Waals surface area contributed by atoms with E-state index in [-0.39, 0.29) is 18.0 Å². The Labute approximate surface area is 224 Å². The van der Waals surface area contributed by atoms with Crippen molar-refractivity contribution in [3.63, 3.8) is 0 Å². The first kappa shape index (κ1) is 27.6. The van der Waals surface area contributed by atoms with E-state index in [9.17, 15) is 14.7 Å². The van der Waals surface area contributed by atoms with Crippen LogP contribution in [0.2, 0.25) is 0 Å². The van der Waals surface area contributed by atoms with Gasteiger partial charge in [-0.15, -0.1) is 0 Å². The van der Waals surface area contributed by atoms with Gasteiger partial charge in [-0.2, -0.15) is 5.10 Å². The van der Waals surface area contributed by atoms with Gasteiger partial charge < -0.3 is 20.3 Å². The van der Waals surface area contributed by atoms with Crippen LogP contribution < -0.4 is 21.1 Å². The summed E-state index contributed by atoms with van der Waals surface area (Å²) in [6.07, 6.45) is 7.20. The molecule has 9 nitrogen and oxygen atoms in total. The molecule has 2 aromatic heterocycles. The Morgan fingerprint density at radius 1 is 1.18 bits per heavy atom. The van der Waals surface area contributed by atoms with Crippen molar-refractivity contribution in [1.29, 1.82) is 0 Å². The molecule has 0 bridgehead atoms. The van der Waals surface area contributed by atoms with Gasteiger partial charge in [0, 0.05) is 67.0 Å². The van der Waals surface area contributed by atoms with Crippen LogP contribution in [0.3, 0.4) is 0 Å². The summed E-state index contributed by atoms with van der Waals surface area (Å²) >= 11 is 0. The van der Waals surface area contributed by atoms with E-state index in [0.717, 1.165) is 59.3 Å². The molecule has 4 N–H and O–H groups in total. The minimum atomic E-state index is -0.506. The third-order valence-electron chi connectivity index (χ3n) is 7.68. The van der Waals surface area contributed by atoms with Gasteiger partial charge in [0.1, 0.15) is 6.23 Å². The number of carbonyl (C=O) groups excluding carboxylic acids is 1. The lowest BCUT2D eigenvalue weighted by molar-refractivity contribution is 0.0950. The van der Waals surface area contributed by atoms with Gasteiger partial charge in [0.2, 0.25) is 0 Å². The van der Waals surface area contributed by atoms with Crippen molar-refractivity contribution >= 4 is 11.6 Å². The molecule has 1 aromatic carbocycles. The van der Waals surface area contributed by atoms with Crippen molar-refractivity contribution in [2.45, 2.75) is 78.2 Å². The summed E-state index contributed by atoms with van der Waals surface area (Å²) in [7, 11) is 3.97. The number of aliphatic hydroxyl groups excluding tert-OH is 1. The molecule has 2 heterocycles. The van der Waals surface area contributed by atoms with Crippen LogP contribution in [0, 0.1) is 20.8 Å². The number of nitrogens with zero attached hydrogens (tertiary/aromatic N) is 3. The first-order valence-corrected chi connectivity index (χ1v) is 13.3. The molecule has 204 valence electrons. The van der Waals surface area contributed by atoms with Crippen molar-refractivity contribution in [3.8, 4) is 11.1 Å². The van der Waals surface area contributed by atoms with Gasteiger partial charge in [0.05, 0.1) is 6.20 Å². The second-order valence-corrected chi connectivity index (χ2v) is 10.7. The van der Waals surface area contributed by atoms with E-state index < -0.39 is 6.23 Å². The minimum absolute atomic E-state index is 0.155. The molecule has 0 saturated heterocycles. The van der Waals surface area contributed by atoms with Crippen LogP contribution in [0.4, 0.5) is 5.69 Å². The standard InChI is InChI=1S/C29H40N6O3/c1-17-11-18(2)32-29(38)26(17)15-30-28(37)25-12-21(22-14-31-34(5)16-22)13-27(19(25)3)35(6)24-9-7-23(8-10-24)33-20(4)36/h11-14,16,20,23-24,33,36H,7-10,15H2,1-6H3,(H,30,37)(H,32,38)/t20?,23-,24+. The maximum atomic E-state index is 13.5. The van der Waals surface area contributed by atoms with Gasteiger partial charge in [-0.1, -0.05) is 0 Å². The van der Waals surface area contributed by atoms with E-state index >= 15 is 0 Å². The average Bonchev–Trinajstić information content (AvgIpc) is 3.29. The number of aryl methyl sites for hydroxylation is 3. The van der Waals surface area contributed by atoms with Crippen molar-refractivity contribution in [2.75, 3.05) is 11.9 Å². The molecule has 0 aliphatic heterocycles. The molecule has 1 saturated carbocycles. The topological polar surface area (TPSA) is 115 Å². The quantitative estimate of drug-likeness (QED) is 0.339. The number of aromatic amines is 1. The summed E-state index contributed by atoms with van der Waals surface area (Å²) in [4.78, 5) is 31.1. The average molecular weight is 521 g/mol. The highest BCUT2D eigenvalue weighted by molar-refractivity contribution is 5.98. The second-order valence-electron chi connectivity index (χ2n) is 10.7. The molecule has 1 fully saturated rings. The second kappa shape index (κ2) is 11.5. The van der Waals surface area contributed by atoms with Crippen molar-refractivity contribution in [2.24, 2.45) is 7.05 Å². The lowest BCUT2D eigenvalue weighted by atomic mass is 9.89. The number of aromatic nitrogens is 3. The predicted octanol–water partition coefficient (Wildman–Crippen LogP) is 3.31. The Morgan fingerprint density at radius 3 is 2.50 bits per heavy atom. The van der Waals surface area contributed by atoms with Crippen molar-refractivity contribution in [1.82, 2.24) is 25.4 Å². The fraction of sp³-hybridized carbons (Fsp3) is 0.483. The first-order valence-electron chi connectivity index (χ1n) is 13.3. The normalized spacial score (nSPS) is 18.3.